The summed E-state index contributed by atoms with van der Waals surface area (Å²) in [6.07, 6.45) is 5.54. The van der Waals surface area contributed by atoms with E-state index in [0.717, 1.165) is 0 Å². The van der Waals surface area contributed by atoms with Crippen LogP contribution >= 0.6 is 0 Å². The summed E-state index contributed by atoms with van der Waals surface area (Å²) in [5, 5.41) is 0. The molecule has 2 aliphatic rings. The maximum absolute atomic E-state index is 11.1. The highest BCUT2D eigenvalue weighted by Gasteiger charge is 2.43. The maximum atomic E-state index is 11.1. The molecule has 0 bridgehead atoms. The molecule has 2 rings (SSSR count). The molecule has 0 saturated heterocycles. The Morgan fingerprint density at radius 3 is 2.46 bits per heavy atom. The van der Waals surface area contributed by atoms with E-state index in [1.165, 1.54) is 0 Å². The molecule has 1 atom stereocenters. The highest BCUT2D eigenvalue weighted by Crippen LogP contribution is 2.28. The minimum Gasteiger partial charge on any atom is -0.412 e. The molecular formula is C9H8O4. The Morgan fingerprint density at radius 1 is 1.15 bits per heavy atom. The Kier molecular flexibility index (Phi) is 2.25. The highest BCUT2D eigenvalue weighted by atomic mass is 16.2. The summed E-state index contributed by atoms with van der Waals surface area (Å²) >= 11 is 0. The van der Waals surface area contributed by atoms with Gasteiger partial charge in [0.2, 0.25) is 11.6 Å². The summed E-state index contributed by atoms with van der Waals surface area (Å²) in [4.78, 5) is 33.1. The van der Waals surface area contributed by atoms with Crippen molar-refractivity contribution in [2.45, 2.75) is 6.42 Å². The van der Waals surface area contributed by atoms with E-state index in [1.807, 2.05) is 0 Å². The first-order valence-corrected chi connectivity index (χ1v) is 3.71. The average Bonchev–Trinajstić information content (AvgIpc) is 2.33. The predicted molar refractivity (Wildman–Crippen MR) is 44.0 cm³/mol. The number of hydrogen-bond donors (Lipinski definition) is 0. The minimum atomic E-state index is -0.852. The van der Waals surface area contributed by atoms with Crippen LogP contribution in [0.15, 0.2) is 23.8 Å². The Morgan fingerprint density at radius 2 is 1.85 bits per heavy atom. The van der Waals surface area contributed by atoms with Crippen LogP contribution < -0.4 is 0 Å². The van der Waals surface area contributed by atoms with Gasteiger partial charge in [-0.2, -0.15) is 0 Å². The van der Waals surface area contributed by atoms with E-state index in [9.17, 15) is 14.4 Å². The molecule has 0 aromatic carbocycles. The zero-order chi connectivity index (χ0) is 8.72. The van der Waals surface area contributed by atoms with Gasteiger partial charge in [0.15, 0.2) is 0 Å². The standard InChI is InChI=1S/C9H6O3.H2O/c10-7-5-3-1-2-4-6(5)8(11)9(7)12;/h1-3,6H,4H2;1H2. The summed E-state index contributed by atoms with van der Waals surface area (Å²) in [6.45, 7) is 0. The number of ketones is 3. The van der Waals surface area contributed by atoms with Crippen LogP contribution in [0.3, 0.4) is 0 Å². The second-order valence-electron chi connectivity index (χ2n) is 2.86. The Labute approximate surface area is 74.2 Å². The quantitative estimate of drug-likeness (QED) is 0.466. The van der Waals surface area contributed by atoms with Crippen LogP contribution in [0, 0.1) is 5.92 Å². The van der Waals surface area contributed by atoms with Crippen molar-refractivity contribution in [1.29, 1.82) is 0 Å². The van der Waals surface area contributed by atoms with E-state index in [-0.39, 0.29) is 5.48 Å². The summed E-state index contributed by atoms with van der Waals surface area (Å²) in [5.41, 5.74) is 0.368. The van der Waals surface area contributed by atoms with Gasteiger partial charge in [-0.3, -0.25) is 14.4 Å². The monoisotopic (exact) mass is 180 g/mol. The average molecular weight is 180 g/mol. The van der Waals surface area contributed by atoms with Crippen molar-refractivity contribution < 1.29 is 19.9 Å². The number of carbonyl (C=O) groups excluding carboxylic acids is 3. The van der Waals surface area contributed by atoms with Gasteiger partial charge in [-0.1, -0.05) is 18.2 Å². The fourth-order valence-electron chi connectivity index (χ4n) is 1.51. The molecule has 13 heavy (non-hydrogen) atoms. The number of rotatable bonds is 0. The first-order valence-electron chi connectivity index (χ1n) is 3.71. The summed E-state index contributed by atoms with van der Waals surface area (Å²) < 4.78 is 0. The van der Waals surface area contributed by atoms with E-state index in [1.54, 1.807) is 18.2 Å². The first kappa shape index (κ1) is 9.54. The zero-order valence-electron chi connectivity index (χ0n) is 6.74. The predicted octanol–water partition coefficient (Wildman–Crippen LogP) is -0.615. The number of allylic oxidation sites excluding steroid dienone is 4. The van der Waals surface area contributed by atoms with Crippen molar-refractivity contribution in [2.75, 3.05) is 0 Å². The number of carbonyl (C=O) groups is 3. The van der Waals surface area contributed by atoms with E-state index in [0.29, 0.717) is 12.0 Å². The second-order valence-corrected chi connectivity index (χ2v) is 2.86. The van der Waals surface area contributed by atoms with Crippen molar-refractivity contribution in [2.24, 2.45) is 5.92 Å². The molecule has 2 aliphatic carbocycles. The number of Topliss-reactive ketones (excluding diaryl/α,β-unsaturated/α-hetero) is 3. The van der Waals surface area contributed by atoms with Crippen molar-refractivity contribution >= 4 is 17.3 Å². The third-order valence-electron chi connectivity index (χ3n) is 2.17. The highest BCUT2D eigenvalue weighted by molar-refractivity contribution is 6.72. The molecule has 0 radical (unpaired) electrons. The van der Waals surface area contributed by atoms with Gasteiger partial charge in [-0.15, -0.1) is 0 Å². The van der Waals surface area contributed by atoms with Gasteiger partial charge in [0.05, 0.1) is 5.92 Å². The van der Waals surface area contributed by atoms with Crippen LogP contribution in [0.1, 0.15) is 6.42 Å². The van der Waals surface area contributed by atoms with Crippen LogP contribution in [0.5, 0.6) is 0 Å². The molecule has 4 nitrogen and oxygen atoms in total. The first-order chi connectivity index (χ1) is 5.72. The van der Waals surface area contributed by atoms with Crippen LogP contribution in [-0.2, 0) is 14.4 Å². The maximum Gasteiger partial charge on any atom is 0.269 e. The Bertz CT molecular complexity index is 349. The lowest BCUT2D eigenvalue weighted by molar-refractivity contribution is -0.140. The minimum absolute atomic E-state index is 0. The zero-order valence-corrected chi connectivity index (χ0v) is 6.74. The van der Waals surface area contributed by atoms with Gasteiger partial charge in [0.1, 0.15) is 0 Å². The molecule has 1 unspecified atom stereocenters. The topological polar surface area (TPSA) is 82.7 Å². The van der Waals surface area contributed by atoms with Crippen molar-refractivity contribution in [3.8, 4) is 0 Å². The second kappa shape index (κ2) is 3.06. The fourth-order valence-corrected chi connectivity index (χ4v) is 1.51. The van der Waals surface area contributed by atoms with Gasteiger partial charge < -0.3 is 5.48 Å². The van der Waals surface area contributed by atoms with Crippen molar-refractivity contribution in [3.63, 3.8) is 0 Å². The van der Waals surface area contributed by atoms with Crippen LogP contribution in [0.2, 0.25) is 0 Å². The van der Waals surface area contributed by atoms with Crippen LogP contribution in [0.4, 0.5) is 0 Å². The lowest BCUT2D eigenvalue weighted by Gasteiger charge is -2.07. The van der Waals surface area contributed by atoms with Crippen LogP contribution in [-0.4, -0.2) is 22.8 Å². The van der Waals surface area contributed by atoms with Crippen molar-refractivity contribution in [3.05, 3.63) is 23.8 Å². The third-order valence-corrected chi connectivity index (χ3v) is 2.17. The van der Waals surface area contributed by atoms with E-state index in [2.05, 4.69) is 0 Å². The molecule has 0 heterocycles. The van der Waals surface area contributed by atoms with Gasteiger partial charge in [0, 0.05) is 5.57 Å². The molecular weight excluding hydrogens is 172 g/mol. The van der Waals surface area contributed by atoms with Crippen LogP contribution in [0.25, 0.3) is 0 Å². The molecule has 0 aromatic rings. The lowest BCUT2D eigenvalue weighted by atomic mass is 9.94. The van der Waals surface area contributed by atoms with Gasteiger partial charge >= 0.3 is 0 Å². The SMILES string of the molecule is O.O=C1C(=O)C2=CC=CCC2C1=O. The fraction of sp³-hybridized carbons (Fsp3) is 0.222. The molecule has 0 amide bonds. The van der Waals surface area contributed by atoms with Gasteiger partial charge in [0.25, 0.3) is 5.78 Å². The van der Waals surface area contributed by atoms with E-state index >= 15 is 0 Å². The summed E-state index contributed by atoms with van der Waals surface area (Å²) in [5.74, 6) is -2.49. The third kappa shape index (κ3) is 1.15. The van der Waals surface area contributed by atoms with Crippen molar-refractivity contribution in [1.82, 2.24) is 0 Å². The largest absolute Gasteiger partial charge is 0.412 e. The molecule has 0 aliphatic heterocycles. The molecule has 4 heteroatoms. The molecule has 1 fully saturated rings. The molecule has 2 N–H and O–H groups in total. The van der Waals surface area contributed by atoms with Gasteiger partial charge in [-0.05, 0) is 6.42 Å². The summed E-state index contributed by atoms with van der Waals surface area (Å²) in [7, 11) is 0. The lowest BCUT2D eigenvalue weighted by Crippen LogP contribution is -2.15. The smallest absolute Gasteiger partial charge is 0.269 e. The van der Waals surface area contributed by atoms with E-state index in [4.69, 9.17) is 0 Å². The van der Waals surface area contributed by atoms with E-state index < -0.39 is 23.3 Å². The number of hydrogen-bond acceptors (Lipinski definition) is 3. The Balaban J connectivity index is 0.000000845. The van der Waals surface area contributed by atoms with Gasteiger partial charge in [-0.25, -0.2) is 0 Å². The Hall–Kier alpha value is -1.55. The number of fused-ring (bicyclic) bond motifs is 1. The summed E-state index contributed by atoms with van der Waals surface area (Å²) in [6, 6.07) is 0. The molecule has 0 spiro atoms. The normalized spacial score (nSPS) is 25.4. The molecule has 68 valence electrons. The molecule has 0 aromatic heterocycles. The molecule has 1 saturated carbocycles.